The Balaban J connectivity index is 2.06. The summed E-state index contributed by atoms with van der Waals surface area (Å²) in [4.78, 5) is 0. The smallest absolute Gasteiger partial charge is 0.0573 e. The van der Waals surface area contributed by atoms with Gasteiger partial charge in [0.1, 0.15) is 0 Å². The Kier molecular flexibility index (Phi) is 4.57. The van der Waals surface area contributed by atoms with E-state index in [9.17, 15) is 0 Å². The predicted octanol–water partition coefficient (Wildman–Crippen LogP) is 4.44. The van der Waals surface area contributed by atoms with Gasteiger partial charge in [-0.3, -0.25) is 0 Å². The summed E-state index contributed by atoms with van der Waals surface area (Å²) in [5.74, 6) is 3.70. The Labute approximate surface area is 134 Å². The molecule has 0 aromatic heterocycles. The van der Waals surface area contributed by atoms with Crippen LogP contribution in [-0.4, -0.2) is 0 Å². The number of benzene rings is 2. The van der Waals surface area contributed by atoms with Crippen LogP contribution in [0.2, 0.25) is 0 Å². The Morgan fingerprint density at radius 3 is 1.77 bits per heavy atom. The topological polar surface area (TPSA) is 0 Å². The lowest BCUT2D eigenvalue weighted by Gasteiger charge is -2.17. The number of aryl methyl sites for hydroxylation is 2. The number of rotatable bonds is 2. The molecule has 2 aromatic rings. The van der Waals surface area contributed by atoms with Crippen molar-refractivity contribution >= 4 is 18.5 Å². The van der Waals surface area contributed by atoms with E-state index >= 15 is 0 Å². The molecule has 1 heteroatoms. The van der Waals surface area contributed by atoms with E-state index in [-0.39, 0.29) is 5.92 Å². The fraction of sp³-hybridized carbons (Fsp3) is 0.143. The van der Waals surface area contributed by atoms with Crippen LogP contribution in [0.1, 0.15) is 11.1 Å². The maximum absolute atomic E-state index is 3.59. The van der Waals surface area contributed by atoms with Crippen molar-refractivity contribution in [3.8, 4) is 11.6 Å². The molecule has 1 aliphatic rings. The first-order chi connectivity index (χ1) is 10.8. The second-order valence-electron chi connectivity index (χ2n) is 5.46. The van der Waals surface area contributed by atoms with Crippen LogP contribution in [0.4, 0.5) is 0 Å². The molecule has 0 N–H and O–H groups in total. The monoisotopic (exact) mass is 302 g/mol. The van der Waals surface area contributed by atoms with Gasteiger partial charge in [-0.2, -0.15) is 0 Å². The van der Waals surface area contributed by atoms with Crippen molar-refractivity contribution in [2.24, 2.45) is 5.92 Å². The summed E-state index contributed by atoms with van der Waals surface area (Å²) in [6.07, 6.45) is 8.44. The van der Waals surface area contributed by atoms with Crippen LogP contribution < -0.4 is 10.6 Å². The third-order valence-corrected chi connectivity index (χ3v) is 6.12. The molecule has 0 amide bonds. The first-order valence-corrected chi connectivity index (χ1v) is 8.87. The summed E-state index contributed by atoms with van der Waals surface area (Å²) in [6, 6.07) is 17.2. The molecule has 0 saturated heterocycles. The molecule has 3 rings (SSSR count). The Hall–Kier alpha value is -2.09. The fourth-order valence-corrected chi connectivity index (χ4v) is 4.65. The SMILES string of the molecule is Cc1ccccc1P(C#CC1C=CC=C1)c1ccccc1C. The normalized spacial score (nSPS) is 13.4. The molecule has 0 fully saturated rings. The maximum Gasteiger partial charge on any atom is 0.0573 e. The van der Waals surface area contributed by atoms with Gasteiger partial charge in [0.05, 0.1) is 5.92 Å². The zero-order valence-electron chi connectivity index (χ0n) is 13.0. The molecule has 0 aliphatic heterocycles. The van der Waals surface area contributed by atoms with Gasteiger partial charge in [0, 0.05) is 7.92 Å². The highest BCUT2D eigenvalue weighted by molar-refractivity contribution is 7.77. The summed E-state index contributed by atoms with van der Waals surface area (Å²) >= 11 is 0. The summed E-state index contributed by atoms with van der Waals surface area (Å²) in [5.41, 5.74) is 6.23. The van der Waals surface area contributed by atoms with E-state index in [0.717, 1.165) is 0 Å². The van der Waals surface area contributed by atoms with E-state index in [4.69, 9.17) is 0 Å². The van der Waals surface area contributed by atoms with Gasteiger partial charge in [-0.15, -0.1) is 0 Å². The summed E-state index contributed by atoms with van der Waals surface area (Å²) in [6.45, 7) is 4.36. The van der Waals surface area contributed by atoms with Gasteiger partial charge < -0.3 is 0 Å². The van der Waals surface area contributed by atoms with Gasteiger partial charge in [0.25, 0.3) is 0 Å². The first-order valence-electron chi connectivity index (χ1n) is 7.53. The summed E-state index contributed by atoms with van der Waals surface area (Å²) in [7, 11) is -0.638. The lowest BCUT2D eigenvalue weighted by molar-refractivity contribution is 1.15. The minimum atomic E-state index is -0.638. The number of hydrogen-bond donors (Lipinski definition) is 0. The second-order valence-corrected chi connectivity index (χ2v) is 7.32. The van der Waals surface area contributed by atoms with Gasteiger partial charge in [-0.05, 0) is 35.6 Å². The quantitative estimate of drug-likeness (QED) is 0.568. The van der Waals surface area contributed by atoms with Gasteiger partial charge in [-0.25, -0.2) is 0 Å². The molecular formula is C21H19P. The summed E-state index contributed by atoms with van der Waals surface area (Å²) < 4.78 is 0. The molecule has 0 radical (unpaired) electrons. The lowest BCUT2D eigenvalue weighted by atomic mass is 10.2. The predicted molar refractivity (Wildman–Crippen MR) is 98.1 cm³/mol. The van der Waals surface area contributed by atoms with Gasteiger partial charge in [0.2, 0.25) is 0 Å². The van der Waals surface area contributed by atoms with Gasteiger partial charge in [0.15, 0.2) is 0 Å². The zero-order valence-corrected chi connectivity index (χ0v) is 13.8. The molecule has 0 atom stereocenters. The van der Waals surface area contributed by atoms with Crippen LogP contribution in [0, 0.1) is 31.3 Å². The van der Waals surface area contributed by atoms with Crippen molar-refractivity contribution in [3.05, 3.63) is 84.0 Å². The van der Waals surface area contributed by atoms with Crippen molar-refractivity contribution in [1.29, 1.82) is 0 Å². The van der Waals surface area contributed by atoms with E-state index in [1.807, 2.05) is 0 Å². The highest BCUT2D eigenvalue weighted by atomic mass is 31.1. The van der Waals surface area contributed by atoms with Crippen LogP contribution in [0.15, 0.2) is 72.8 Å². The van der Waals surface area contributed by atoms with E-state index < -0.39 is 7.92 Å². The standard InChI is InChI=1S/C21H19P/c1-17-9-3-7-13-20(17)22(16-15-19-11-5-6-12-19)21-14-8-4-10-18(21)2/h3-14,19H,1-2H3. The van der Waals surface area contributed by atoms with E-state index in [1.54, 1.807) is 0 Å². The van der Waals surface area contributed by atoms with E-state index in [0.29, 0.717) is 0 Å². The van der Waals surface area contributed by atoms with Crippen molar-refractivity contribution in [2.45, 2.75) is 13.8 Å². The average Bonchev–Trinajstić information content (AvgIpc) is 3.04. The molecule has 22 heavy (non-hydrogen) atoms. The molecule has 0 bridgehead atoms. The Morgan fingerprint density at radius 2 is 1.27 bits per heavy atom. The van der Waals surface area contributed by atoms with Crippen LogP contribution in [-0.2, 0) is 0 Å². The average molecular weight is 302 g/mol. The third kappa shape index (κ3) is 3.22. The van der Waals surface area contributed by atoms with Crippen LogP contribution >= 0.6 is 7.92 Å². The number of allylic oxidation sites excluding steroid dienone is 4. The second kappa shape index (κ2) is 6.78. The molecule has 0 spiro atoms. The van der Waals surface area contributed by atoms with Crippen LogP contribution in [0.25, 0.3) is 0 Å². The van der Waals surface area contributed by atoms with Crippen molar-refractivity contribution in [3.63, 3.8) is 0 Å². The van der Waals surface area contributed by atoms with Crippen molar-refractivity contribution < 1.29 is 0 Å². The molecule has 0 nitrogen and oxygen atoms in total. The van der Waals surface area contributed by atoms with Crippen molar-refractivity contribution in [2.75, 3.05) is 0 Å². The molecule has 1 aliphatic carbocycles. The maximum atomic E-state index is 3.59. The fourth-order valence-electron chi connectivity index (χ4n) is 2.55. The third-order valence-electron chi connectivity index (χ3n) is 3.80. The van der Waals surface area contributed by atoms with Gasteiger partial charge in [-0.1, -0.05) is 84.4 Å². The lowest BCUT2D eigenvalue weighted by Crippen LogP contribution is -2.15. The summed E-state index contributed by atoms with van der Waals surface area (Å²) in [5, 5.41) is 2.73. The van der Waals surface area contributed by atoms with Crippen LogP contribution in [0.5, 0.6) is 0 Å². The molecule has 2 aromatic carbocycles. The number of hydrogen-bond acceptors (Lipinski definition) is 0. The molecule has 0 unspecified atom stereocenters. The molecular weight excluding hydrogens is 283 g/mol. The zero-order chi connectivity index (χ0) is 15.4. The minimum Gasteiger partial charge on any atom is -0.0862 e. The van der Waals surface area contributed by atoms with Crippen molar-refractivity contribution in [1.82, 2.24) is 0 Å². The first kappa shape index (κ1) is 14.8. The van der Waals surface area contributed by atoms with E-state index in [2.05, 4.69) is 98.3 Å². The van der Waals surface area contributed by atoms with Crippen LogP contribution in [0.3, 0.4) is 0 Å². The van der Waals surface area contributed by atoms with Gasteiger partial charge >= 0.3 is 0 Å². The molecule has 0 heterocycles. The molecule has 0 saturated carbocycles. The largest absolute Gasteiger partial charge is 0.0862 e. The molecule has 108 valence electrons. The Bertz CT molecular complexity index is 729. The van der Waals surface area contributed by atoms with E-state index in [1.165, 1.54) is 21.7 Å². The Morgan fingerprint density at radius 1 is 0.773 bits per heavy atom. The highest BCUT2D eigenvalue weighted by Gasteiger charge is 2.15. The minimum absolute atomic E-state index is 0.262. The highest BCUT2D eigenvalue weighted by Crippen LogP contribution is 2.34.